The number of carbonyl (C=O) groups is 2. The van der Waals surface area contributed by atoms with Gasteiger partial charge >= 0.3 is 0 Å². The second-order valence-corrected chi connectivity index (χ2v) is 3.74. The lowest BCUT2D eigenvalue weighted by Crippen LogP contribution is -2.44. The van der Waals surface area contributed by atoms with Crippen LogP contribution in [0.3, 0.4) is 0 Å². The smallest absolute Gasteiger partial charge is 0.289 e. The predicted octanol–water partition coefficient (Wildman–Crippen LogP) is 0.222. The molecular formula is C10H18N2O2. The Morgan fingerprint density at radius 3 is 2.50 bits per heavy atom. The van der Waals surface area contributed by atoms with Crippen LogP contribution in [0.25, 0.3) is 0 Å². The fraction of sp³-hybridized carbons (Fsp3) is 0.800. The highest BCUT2D eigenvalue weighted by Crippen LogP contribution is 2.18. The Morgan fingerprint density at radius 1 is 1.43 bits per heavy atom. The van der Waals surface area contributed by atoms with Gasteiger partial charge in [-0.25, -0.2) is 0 Å². The van der Waals surface area contributed by atoms with Gasteiger partial charge in [-0.15, -0.1) is 0 Å². The lowest BCUT2D eigenvalue weighted by molar-refractivity contribution is -0.139. The highest BCUT2D eigenvalue weighted by Gasteiger charge is 2.29. The second kappa shape index (κ2) is 5.10. The molecule has 1 rings (SSSR count). The van der Waals surface area contributed by atoms with Gasteiger partial charge in [0.2, 0.25) is 5.78 Å². The summed E-state index contributed by atoms with van der Waals surface area (Å²) in [6.07, 6.45) is 3.63. The van der Waals surface area contributed by atoms with E-state index in [0.717, 1.165) is 19.3 Å². The third-order valence-corrected chi connectivity index (χ3v) is 2.38. The van der Waals surface area contributed by atoms with Gasteiger partial charge in [0.05, 0.1) is 6.04 Å². The molecule has 0 saturated heterocycles. The molecule has 1 aliphatic rings. The summed E-state index contributed by atoms with van der Waals surface area (Å²) in [6.45, 7) is 2.00. The van der Waals surface area contributed by atoms with Crippen molar-refractivity contribution in [3.8, 4) is 0 Å². The normalized spacial score (nSPS) is 17.6. The first-order valence-corrected chi connectivity index (χ1v) is 5.21. The topological polar surface area (TPSA) is 58.2 Å². The van der Waals surface area contributed by atoms with Gasteiger partial charge < -0.3 is 10.6 Å². The highest BCUT2D eigenvalue weighted by atomic mass is 16.2. The Bertz CT molecular complexity index is 224. The number of Topliss-reactive ketones (excluding diaryl/α,β-unsaturated/α-hetero) is 1. The zero-order valence-electron chi connectivity index (χ0n) is 8.80. The van der Waals surface area contributed by atoms with Crippen LogP contribution in [-0.4, -0.2) is 30.8 Å². The highest BCUT2D eigenvalue weighted by molar-refractivity contribution is 6.38. The first-order chi connectivity index (χ1) is 6.69. The Labute approximate surface area is 84.4 Å². The lowest BCUT2D eigenvalue weighted by atomic mass is 10.1. The van der Waals surface area contributed by atoms with E-state index in [1.54, 1.807) is 7.05 Å². The van der Waals surface area contributed by atoms with Gasteiger partial charge in [-0.2, -0.15) is 0 Å². The first-order valence-electron chi connectivity index (χ1n) is 5.21. The minimum atomic E-state index is -0.430. The van der Waals surface area contributed by atoms with Crippen molar-refractivity contribution in [2.75, 3.05) is 7.05 Å². The molecule has 0 aromatic rings. The Balaban J connectivity index is 2.38. The van der Waals surface area contributed by atoms with Crippen molar-refractivity contribution >= 4 is 11.7 Å². The molecule has 1 atom stereocenters. The molecule has 0 spiro atoms. The van der Waals surface area contributed by atoms with Crippen molar-refractivity contribution < 1.29 is 9.59 Å². The number of nitrogens with one attached hydrogen (secondary N) is 2. The molecule has 0 aromatic heterocycles. The summed E-state index contributed by atoms with van der Waals surface area (Å²) in [6, 6.07) is -0.0654. The minimum absolute atomic E-state index is 0.255. The molecule has 1 amide bonds. The van der Waals surface area contributed by atoms with Crippen molar-refractivity contribution in [3.05, 3.63) is 0 Å². The second-order valence-electron chi connectivity index (χ2n) is 3.74. The first kappa shape index (κ1) is 11.2. The third kappa shape index (κ3) is 3.10. The van der Waals surface area contributed by atoms with Gasteiger partial charge in [0, 0.05) is 6.04 Å². The molecule has 1 fully saturated rings. The molecule has 0 aromatic carbocycles. The average molecular weight is 198 g/mol. The summed E-state index contributed by atoms with van der Waals surface area (Å²) >= 11 is 0. The van der Waals surface area contributed by atoms with Crippen LogP contribution in [-0.2, 0) is 9.59 Å². The number of rotatable bonds is 6. The number of hydrogen-bond donors (Lipinski definition) is 2. The number of carbonyl (C=O) groups excluding carboxylic acids is 2. The van der Waals surface area contributed by atoms with Gasteiger partial charge in [0.1, 0.15) is 0 Å². The van der Waals surface area contributed by atoms with E-state index in [9.17, 15) is 9.59 Å². The Morgan fingerprint density at radius 2 is 2.07 bits per heavy atom. The van der Waals surface area contributed by atoms with Gasteiger partial charge in [0.25, 0.3) is 5.91 Å². The van der Waals surface area contributed by atoms with Crippen LogP contribution < -0.4 is 10.6 Å². The van der Waals surface area contributed by atoms with Gasteiger partial charge in [0.15, 0.2) is 0 Å². The molecule has 1 aliphatic carbocycles. The van der Waals surface area contributed by atoms with Crippen LogP contribution in [0.2, 0.25) is 0 Å². The summed E-state index contributed by atoms with van der Waals surface area (Å²) in [7, 11) is 1.71. The maximum atomic E-state index is 11.6. The Hall–Kier alpha value is -0.900. The zero-order valence-corrected chi connectivity index (χ0v) is 8.80. The van der Waals surface area contributed by atoms with E-state index >= 15 is 0 Å². The minimum Gasteiger partial charge on any atom is -0.347 e. The number of hydrogen-bond acceptors (Lipinski definition) is 3. The summed E-state index contributed by atoms with van der Waals surface area (Å²) in [4.78, 5) is 22.9. The number of amides is 1. The molecule has 0 bridgehead atoms. The molecular weight excluding hydrogens is 180 g/mol. The van der Waals surface area contributed by atoms with Crippen LogP contribution >= 0.6 is 0 Å². The largest absolute Gasteiger partial charge is 0.347 e. The van der Waals surface area contributed by atoms with Crippen molar-refractivity contribution in [2.24, 2.45) is 0 Å². The summed E-state index contributed by atoms with van der Waals surface area (Å²) < 4.78 is 0. The molecule has 4 nitrogen and oxygen atoms in total. The van der Waals surface area contributed by atoms with Gasteiger partial charge in [-0.1, -0.05) is 13.3 Å². The molecule has 2 N–H and O–H groups in total. The van der Waals surface area contributed by atoms with E-state index in [4.69, 9.17) is 0 Å². The van der Waals surface area contributed by atoms with Crippen LogP contribution in [0, 0.1) is 0 Å². The van der Waals surface area contributed by atoms with Gasteiger partial charge in [-0.05, 0) is 26.3 Å². The van der Waals surface area contributed by atoms with Crippen LogP contribution in [0.15, 0.2) is 0 Å². The fourth-order valence-electron chi connectivity index (χ4n) is 1.34. The zero-order chi connectivity index (χ0) is 10.6. The quantitative estimate of drug-likeness (QED) is 0.600. The average Bonchev–Trinajstić information content (AvgIpc) is 2.96. The SMILES string of the molecule is CCCC(NC)C(=O)C(=O)NC1CC1. The molecule has 4 heteroatoms. The number of likely N-dealkylation sites (N-methyl/N-ethyl adjacent to an activating group) is 1. The van der Waals surface area contributed by atoms with E-state index in [0.29, 0.717) is 6.42 Å². The molecule has 0 aliphatic heterocycles. The van der Waals surface area contributed by atoms with E-state index in [2.05, 4.69) is 10.6 Å². The van der Waals surface area contributed by atoms with Crippen molar-refractivity contribution in [2.45, 2.75) is 44.7 Å². The van der Waals surface area contributed by atoms with Crippen LogP contribution in [0.4, 0.5) is 0 Å². The standard InChI is InChI=1S/C10H18N2O2/c1-3-4-8(11-2)9(13)10(14)12-7-5-6-7/h7-8,11H,3-6H2,1-2H3,(H,12,14). The van der Waals surface area contributed by atoms with E-state index in [-0.39, 0.29) is 17.9 Å². The molecule has 0 radical (unpaired) electrons. The Kier molecular flexibility index (Phi) is 4.07. The summed E-state index contributed by atoms with van der Waals surface area (Å²) in [5.41, 5.74) is 0. The summed E-state index contributed by atoms with van der Waals surface area (Å²) in [5, 5.41) is 5.57. The molecule has 0 heterocycles. The predicted molar refractivity (Wildman–Crippen MR) is 53.9 cm³/mol. The van der Waals surface area contributed by atoms with Gasteiger partial charge in [-0.3, -0.25) is 9.59 Å². The molecule has 1 unspecified atom stereocenters. The van der Waals surface area contributed by atoms with Crippen LogP contribution in [0.5, 0.6) is 0 Å². The lowest BCUT2D eigenvalue weighted by Gasteiger charge is -2.12. The molecule has 14 heavy (non-hydrogen) atoms. The molecule has 80 valence electrons. The number of ketones is 1. The van der Waals surface area contributed by atoms with E-state index in [1.807, 2.05) is 6.92 Å². The fourth-order valence-corrected chi connectivity index (χ4v) is 1.34. The third-order valence-electron chi connectivity index (χ3n) is 2.38. The van der Waals surface area contributed by atoms with E-state index in [1.165, 1.54) is 0 Å². The van der Waals surface area contributed by atoms with Crippen molar-refractivity contribution in [3.63, 3.8) is 0 Å². The summed E-state index contributed by atoms with van der Waals surface area (Å²) in [5.74, 6) is -0.762. The van der Waals surface area contributed by atoms with Crippen molar-refractivity contribution in [1.82, 2.24) is 10.6 Å². The maximum absolute atomic E-state index is 11.6. The maximum Gasteiger partial charge on any atom is 0.289 e. The monoisotopic (exact) mass is 198 g/mol. The molecule has 1 saturated carbocycles. The van der Waals surface area contributed by atoms with E-state index < -0.39 is 5.91 Å². The van der Waals surface area contributed by atoms with Crippen LogP contribution in [0.1, 0.15) is 32.6 Å². The van der Waals surface area contributed by atoms with Crippen molar-refractivity contribution in [1.29, 1.82) is 0 Å².